The van der Waals surface area contributed by atoms with Crippen LogP contribution in [0.25, 0.3) is 0 Å². The zero-order valence-electron chi connectivity index (χ0n) is 9.45. The topological polar surface area (TPSA) is 27.6 Å². The zero-order chi connectivity index (χ0) is 12.3. The smallest absolute Gasteiger partial charge is 0.202 e. The van der Waals surface area contributed by atoms with E-state index in [-0.39, 0.29) is 0 Å². The van der Waals surface area contributed by atoms with Gasteiger partial charge in [0.15, 0.2) is 0 Å². The van der Waals surface area contributed by atoms with Crippen LogP contribution in [0.3, 0.4) is 0 Å². The molecule has 0 saturated carbocycles. The molecule has 3 nitrogen and oxygen atoms in total. The van der Waals surface area contributed by atoms with E-state index in [9.17, 15) is 0 Å². The molecule has 0 bridgehead atoms. The molecule has 1 N–H and O–H groups in total. The van der Waals surface area contributed by atoms with Gasteiger partial charge in [0.1, 0.15) is 0 Å². The Kier molecular flexibility index (Phi) is 3.92. The molecule has 0 radical (unpaired) electrons. The number of halogens is 2. The van der Waals surface area contributed by atoms with Gasteiger partial charge in [-0.2, -0.15) is 0 Å². The Hall–Kier alpha value is -1.19. The van der Waals surface area contributed by atoms with E-state index < -0.39 is 0 Å². The molecule has 1 aromatic carbocycles. The fourth-order valence-corrected chi connectivity index (χ4v) is 2.25. The monoisotopic (exact) mass is 269 g/mol. The number of nitrogens with one attached hydrogen (secondary N) is 1. The summed E-state index contributed by atoms with van der Waals surface area (Å²) in [6, 6.07) is 5.45. The van der Waals surface area contributed by atoms with Crippen LogP contribution in [0.2, 0.25) is 10.0 Å². The third kappa shape index (κ3) is 2.56. The molecule has 0 spiro atoms. The summed E-state index contributed by atoms with van der Waals surface area (Å²) in [5.74, 6) is 0.776. The summed E-state index contributed by atoms with van der Waals surface area (Å²) in [4.78, 5) is 6.25. The normalized spacial score (nSPS) is 14.9. The van der Waals surface area contributed by atoms with Crippen LogP contribution in [0.5, 0.6) is 0 Å². The van der Waals surface area contributed by atoms with Gasteiger partial charge in [0, 0.05) is 12.7 Å². The second-order valence-corrected chi connectivity index (χ2v) is 4.37. The molecular formula is C12H13Cl2N3. The summed E-state index contributed by atoms with van der Waals surface area (Å²) >= 11 is 12.4. The van der Waals surface area contributed by atoms with E-state index in [2.05, 4.69) is 10.3 Å². The van der Waals surface area contributed by atoms with Crippen LogP contribution >= 0.6 is 23.2 Å². The summed E-state index contributed by atoms with van der Waals surface area (Å²) in [7, 11) is 0. The number of para-hydroxylation sites is 1. The van der Waals surface area contributed by atoms with Gasteiger partial charge in [0.25, 0.3) is 0 Å². The van der Waals surface area contributed by atoms with Crippen molar-refractivity contribution in [3.05, 3.63) is 40.5 Å². The van der Waals surface area contributed by atoms with Gasteiger partial charge in [0.05, 0.1) is 22.3 Å². The van der Waals surface area contributed by atoms with Crippen LogP contribution in [0, 0.1) is 0 Å². The minimum absolute atomic E-state index is 0.604. The number of anilines is 1. The Balaban J connectivity index is 2.45. The molecule has 0 aliphatic carbocycles. The van der Waals surface area contributed by atoms with E-state index in [1.54, 1.807) is 0 Å². The maximum Gasteiger partial charge on any atom is 0.202 e. The first-order chi connectivity index (χ1) is 8.24. The molecule has 1 aromatic rings. The van der Waals surface area contributed by atoms with Crippen LogP contribution in [0.15, 0.2) is 35.5 Å². The van der Waals surface area contributed by atoms with Crippen molar-refractivity contribution < 1.29 is 0 Å². The lowest BCUT2D eigenvalue weighted by Crippen LogP contribution is -2.35. The molecule has 1 aliphatic rings. The molecule has 0 saturated heterocycles. The average molecular weight is 270 g/mol. The van der Waals surface area contributed by atoms with Gasteiger partial charge < -0.3 is 5.32 Å². The van der Waals surface area contributed by atoms with Crippen molar-refractivity contribution in [2.75, 3.05) is 18.0 Å². The fraction of sp³-hybridized carbons (Fsp3) is 0.250. The van der Waals surface area contributed by atoms with Gasteiger partial charge >= 0.3 is 0 Å². The number of allylic oxidation sites excluding steroid dienone is 1. The molecular weight excluding hydrogens is 257 g/mol. The highest BCUT2D eigenvalue weighted by atomic mass is 35.5. The largest absolute Gasteiger partial charge is 0.354 e. The number of hydrogen-bond donors (Lipinski definition) is 1. The Morgan fingerprint density at radius 3 is 2.59 bits per heavy atom. The molecule has 0 unspecified atom stereocenters. The standard InChI is InChI=1S/C12H13Cl2N3/c1-2-8-17(12-15-6-7-16-12)11-9(13)4-3-5-10(11)14/h2-5,8H,6-7H2,1H3,(H,15,16). The van der Waals surface area contributed by atoms with E-state index >= 15 is 0 Å². The van der Waals surface area contributed by atoms with Crippen LogP contribution < -0.4 is 10.2 Å². The van der Waals surface area contributed by atoms with Crippen LogP contribution in [0.4, 0.5) is 5.69 Å². The van der Waals surface area contributed by atoms with Gasteiger partial charge in [-0.25, -0.2) is 0 Å². The van der Waals surface area contributed by atoms with E-state index in [1.165, 1.54) is 0 Å². The molecule has 2 rings (SSSR count). The first kappa shape index (κ1) is 12.3. The fourth-order valence-electron chi connectivity index (χ4n) is 1.67. The van der Waals surface area contributed by atoms with Crippen LogP contribution in [0.1, 0.15) is 6.92 Å². The third-order valence-electron chi connectivity index (χ3n) is 2.36. The Morgan fingerprint density at radius 2 is 2.06 bits per heavy atom. The van der Waals surface area contributed by atoms with E-state index in [0.717, 1.165) is 24.7 Å². The highest BCUT2D eigenvalue weighted by molar-refractivity contribution is 6.40. The number of hydrogen-bond acceptors (Lipinski definition) is 3. The van der Waals surface area contributed by atoms with Gasteiger partial charge in [-0.1, -0.05) is 35.3 Å². The maximum atomic E-state index is 6.20. The highest BCUT2D eigenvalue weighted by Gasteiger charge is 2.19. The SMILES string of the molecule is CC=CN(C1=NCCN1)c1c(Cl)cccc1Cl. The number of benzene rings is 1. The highest BCUT2D eigenvalue weighted by Crippen LogP contribution is 2.34. The summed E-state index contributed by atoms with van der Waals surface area (Å²) in [5.41, 5.74) is 0.752. The molecule has 1 heterocycles. The number of rotatable bonds is 2. The molecule has 90 valence electrons. The number of nitrogens with zero attached hydrogens (tertiary/aromatic N) is 2. The minimum Gasteiger partial charge on any atom is -0.354 e. The van der Waals surface area contributed by atoms with Crippen molar-refractivity contribution in [1.82, 2.24) is 5.32 Å². The van der Waals surface area contributed by atoms with Gasteiger partial charge in [-0.3, -0.25) is 9.89 Å². The quantitative estimate of drug-likeness (QED) is 0.892. The van der Waals surface area contributed by atoms with E-state index in [0.29, 0.717) is 10.0 Å². The minimum atomic E-state index is 0.604. The van der Waals surface area contributed by atoms with E-state index in [1.807, 2.05) is 42.3 Å². The average Bonchev–Trinajstić information content (AvgIpc) is 2.80. The number of guanidine groups is 1. The predicted molar refractivity (Wildman–Crippen MR) is 74.1 cm³/mol. The van der Waals surface area contributed by atoms with Crippen molar-refractivity contribution >= 4 is 34.8 Å². The second kappa shape index (κ2) is 5.43. The van der Waals surface area contributed by atoms with Gasteiger partial charge in [-0.15, -0.1) is 0 Å². The molecule has 0 atom stereocenters. The van der Waals surface area contributed by atoms with Crippen molar-refractivity contribution in [2.45, 2.75) is 6.92 Å². The lowest BCUT2D eigenvalue weighted by Gasteiger charge is -2.22. The Labute approximate surface area is 111 Å². The lowest BCUT2D eigenvalue weighted by atomic mass is 10.3. The van der Waals surface area contributed by atoms with E-state index in [4.69, 9.17) is 23.2 Å². The van der Waals surface area contributed by atoms with Crippen molar-refractivity contribution in [1.29, 1.82) is 0 Å². The summed E-state index contributed by atoms with van der Waals surface area (Å²) in [6.45, 7) is 3.55. The maximum absolute atomic E-state index is 6.20. The molecule has 0 fully saturated rings. The Morgan fingerprint density at radius 1 is 1.35 bits per heavy atom. The first-order valence-electron chi connectivity index (χ1n) is 5.38. The first-order valence-corrected chi connectivity index (χ1v) is 6.14. The van der Waals surface area contributed by atoms with Crippen LogP contribution in [-0.2, 0) is 0 Å². The van der Waals surface area contributed by atoms with Crippen molar-refractivity contribution in [3.63, 3.8) is 0 Å². The summed E-state index contributed by atoms with van der Waals surface area (Å²) in [5, 5.41) is 4.41. The molecule has 1 aliphatic heterocycles. The Bertz CT molecular complexity index is 449. The summed E-state index contributed by atoms with van der Waals surface area (Å²) < 4.78 is 0. The molecule has 0 aromatic heterocycles. The van der Waals surface area contributed by atoms with Gasteiger partial charge in [0.2, 0.25) is 5.96 Å². The summed E-state index contributed by atoms with van der Waals surface area (Å²) in [6.07, 6.45) is 3.81. The third-order valence-corrected chi connectivity index (χ3v) is 2.97. The number of aliphatic imine (C=N–C) groups is 1. The molecule has 5 heteroatoms. The molecule has 0 amide bonds. The predicted octanol–water partition coefficient (Wildman–Crippen LogP) is 3.29. The van der Waals surface area contributed by atoms with Gasteiger partial charge in [-0.05, 0) is 19.1 Å². The van der Waals surface area contributed by atoms with Crippen molar-refractivity contribution in [2.24, 2.45) is 4.99 Å². The van der Waals surface area contributed by atoms with Crippen molar-refractivity contribution in [3.8, 4) is 0 Å². The zero-order valence-corrected chi connectivity index (χ0v) is 11.0. The second-order valence-electron chi connectivity index (χ2n) is 3.55. The molecule has 17 heavy (non-hydrogen) atoms. The lowest BCUT2D eigenvalue weighted by molar-refractivity contribution is 0.953. The van der Waals surface area contributed by atoms with Crippen LogP contribution in [-0.4, -0.2) is 19.0 Å².